The van der Waals surface area contributed by atoms with E-state index in [9.17, 15) is 9.59 Å². The topological polar surface area (TPSA) is 79.9 Å². The fourth-order valence-corrected chi connectivity index (χ4v) is 5.78. The molecule has 2 amide bonds. The number of amides is 2. The molecule has 0 unspecified atom stereocenters. The first kappa shape index (κ1) is 28.5. The van der Waals surface area contributed by atoms with E-state index in [4.69, 9.17) is 9.57 Å². The number of nitrogens with one attached hydrogen (secondary N) is 2. The van der Waals surface area contributed by atoms with Crippen molar-refractivity contribution in [2.24, 2.45) is 0 Å². The van der Waals surface area contributed by atoms with E-state index >= 15 is 0 Å². The molecule has 2 fully saturated rings. The molecule has 3 rings (SSSR count). The summed E-state index contributed by atoms with van der Waals surface area (Å²) in [5, 5.41) is 8.25. The highest BCUT2D eigenvalue weighted by Crippen LogP contribution is 2.40. The van der Waals surface area contributed by atoms with Gasteiger partial charge in [-0.25, -0.2) is 4.79 Å². The molecule has 0 bridgehead atoms. The summed E-state index contributed by atoms with van der Waals surface area (Å²) in [6.45, 7) is 14.2. The highest BCUT2D eigenvalue weighted by atomic mass is 16.7. The van der Waals surface area contributed by atoms with E-state index in [-0.39, 0.29) is 29.1 Å². The molecule has 202 valence electrons. The summed E-state index contributed by atoms with van der Waals surface area (Å²) in [6, 6.07) is 8.97. The maximum atomic E-state index is 13.5. The molecule has 7 heteroatoms. The third-order valence-electron chi connectivity index (χ3n) is 7.03. The minimum atomic E-state index is -0.731. The van der Waals surface area contributed by atoms with Crippen molar-refractivity contribution >= 4 is 12.0 Å². The summed E-state index contributed by atoms with van der Waals surface area (Å²) < 4.78 is 5.45. The molecule has 1 aliphatic heterocycles. The first-order valence-electron chi connectivity index (χ1n) is 13.6. The standard InChI is InChI=1S/C29H47N3O4/c1-27(2,3)35-26(34)31-24(18-21-14-10-8-11-15-21)25(33)30-22-19-28(4,5)32(29(6,7)20-22)36-23-16-12-9-13-17-23/h8,10-11,14-15,22-24H,9,12-13,16-20H2,1-7H3,(H,30,33)(H,31,34)/t24-/m0/s1. The highest BCUT2D eigenvalue weighted by molar-refractivity contribution is 5.86. The van der Waals surface area contributed by atoms with E-state index in [1.54, 1.807) is 0 Å². The van der Waals surface area contributed by atoms with Gasteiger partial charge in [-0.2, -0.15) is 5.06 Å². The van der Waals surface area contributed by atoms with Gasteiger partial charge in [0.15, 0.2) is 0 Å². The van der Waals surface area contributed by atoms with Crippen LogP contribution < -0.4 is 10.6 Å². The van der Waals surface area contributed by atoms with E-state index in [0.717, 1.165) is 31.2 Å². The lowest BCUT2D eigenvalue weighted by molar-refractivity contribution is -0.310. The van der Waals surface area contributed by atoms with Crippen LogP contribution in [0.1, 0.15) is 99.0 Å². The zero-order chi connectivity index (χ0) is 26.6. The zero-order valence-electron chi connectivity index (χ0n) is 23.4. The molecule has 0 aromatic heterocycles. The van der Waals surface area contributed by atoms with Gasteiger partial charge in [0, 0.05) is 23.5 Å². The molecule has 1 heterocycles. The van der Waals surface area contributed by atoms with E-state index < -0.39 is 17.7 Å². The highest BCUT2D eigenvalue weighted by Gasteiger charge is 2.48. The molecule has 1 aliphatic carbocycles. The molecule has 1 aromatic rings. The quantitative estimate of drug-likeness (QED) is 0.514. The maximum Gasteiger partial charge on any atom is 0.408 e. The number of benzene rings is 1. The number of hydroxylamine groups is 2. The lowest BCUT2D eigenvalue weighted by Gasteiger charge is -2.55. The molecule has 2 N–H and O–H groups in total. The monoisotopic (exact) mass is 501 g/mol. The van der Waals surface area contributed by atoms with Gasteiger partial charge in [0.1, 0.15) is 11.6 Å². The minimum Gasteiger partial charge on any atom is -0.444 e. The predicted molar refractivity (Wildman–Crippen MR) is 142 cm³/mol. The van der Waals surface area contributed by atoms with Crippen molar-refractivity contribution in [1.29, 1.82) is 0 Å². The summed E-state index contributed by atoms with van der Waals surface area (Å²) in [6.07, 6.45) is 7.58. The number of rotatable bonds is 7. The van der Waals surface area contributed by atoms with E-state index in [0.29, 0.717) is 6.42 Å². The van der Waals surface area contributed by atoms with E-state index in [1.807, 2.05) is 51.1 Å². The van der Waals surface area contributed by atoms with Crippen LogP contribution in [0.5, 0.6) is 0 Å². The molecule has 0 radical (unpaired) electrons. The third kappa shape index (κ3) is 8.20. The Bertz CT molecular complexity index is 854. The molecule has 1 atom stereocenters. The normalized spacial score (nSPS) is 22.0. The fraction of sp³-hybridized carbons (Fsp3) is 0.724. The van der Waals surface area contributed by atoms with Gasteiger partial charge in [-0.05, 0) is 79.7 Å². The Morgan fingerprint density at radius 3 is 2.14 bits per heavy atom. The van der Waals surface area contributed by atoms with Gasteiger partial charge in [0.25, 0.3) is 0 Å². The Balaban J connectivity index is 1.69. The number of nitrogens with zero attached hydrogens (tertiary/aromatic N) is 1. The van der Waals surface area contributed by atoms with Crippen LogP contribution in [0.2, 0.25) is 0 Å². The van der Waals surface area contributed by atoms with Gasteiger partial charge >= 0.3 is 6.09 Å². The Labute approximate surface area is 217 Å². The predicted octanol–water partition coefficient (Wildman–Crippen LogP) is 5.52. The van der Waals surface area contributed by atoms with Gasteiger partial charge in [-0.1, -0.05) is 49.6 Å². The Morgan fingerprint density at radius 2 is 1.58 bits per heavy atom. The van der Waals surface area contributed by atoms with Crippen molar-refractivity contribution in [1.82, 2.24) is 15.7 Å². The average Bonchev–Trinajstić information content (AvgIpc) is 2.75. The van der Waals surface area contributed by atoms with Gasteiger partial charge in [-0.15, -0.1) is 0 Å². The molecule has 1 aromatic carbocycles. The Morgan fingerprint density at radius 1 is 1.00 bits per heavy atom. The second-order valence-corrected chi connectivity index (χ2v) is 12.8. The summed E-state index contributed by atoms with van der Waals surface area (Å²) in [5.74, 6) is -0.192. The van der Waals surface area contributed by atoms with Crippen LogP contribution in [0.15, 0.2) is 30.3 Å². The summed E-state index contributed by atoms with van der Waals surface area (Å²) >= 11 is 0. The second kappa shape index (κ2) is 11.5. The summed E-state index contributed by atoms with van der Waals surface area (Å²) in [4.78, 5) is 32.7. The molecule has 2 aliphatic rings. The fourth-order valence-electron chi connectivity index (χ4n) is 5.78. The second-order valence-electron chi connectivity index (χ2n) is 12.8. The first-order valence-corrected chi connectivity index (χ1v) is 13.6. The number of hydrogen-bond acceptors (Lipinski definition) is 5. The molecule has 0 spiro atoms. The summed E-state index contributed by atoms with van der Waals surface area (Å²) in [5.41, 5.74) is -0.156. The van der Waals surface area contributed by atoms with Crippen molar-refractivity contribution in [3.05, 3.63) is 35.9 Å². The van der Waals surface area contributed by atoms with Crippen LogP contribution >= 0.6 is 0 Å². The summed E-state index contributed by atoms with van der Waals surface area (Å²) in [7, 11) is 0. The maximum absolute atomic E-state index is 13.5. The Kier molecular flexibility index (Phi) is 9.10. The van der Waals surface area contributed by atoms with Gasteiger partial charge in [0.2, 0.25) is 5.91 Å². The number of alkyl carbamates (subject to hydrolysis) is 1. The number of ether oxygens (including phenoxy) is 1. The van der Waals surface area contributed by atoms with E-state index in [1.165, 1.54) is 19.3 Å². The Hall–Kier alpha value is -2.12. The van der Waals surface area contributed by atoms with Crippen molar-refractivity contribution in [3.8, 4) is 0 Å². The van der Waals surface area contributed by atoms with Crippen LogP contribution in [-0.2, 0) is 20.8 Å². The van der Waals surface area contributed by atoms with Crippen molar-refractivity contribution in [2.45, 2.75) is 135 Å². The molecule has 36 heavy (non-hydrogen) atoms. The van der Waals surface area contributed by atoms with Gasteiger partial charge < -0.3 is 15.4 Å². The largest absolute Gasteiger partial charge is 0.444 e. The van der Waals surface area contributed by atoms with Crippen molar-refractivity contribution in [2.75, 3.05) is 0 Å². The van der Waals surface area contributed by atoms with Crippen LogP contribution in [0, 0.1) is 0 Å². The number of piperidine rings is 1. The molecule has 1 saturated carbocycles. The van der Waals surface area contributed by atoms with Crippen molar-refractivity contribution in [3.63, 3.8) is 0 Å². The van der Waals surface area contributed by atoms with Crippen LogP contribution in [0.4, 0.5) is 4.79 Å². The van der Waals surface area contributed by atoms with E-state index in [2.05, 4.69) is 43.4 Å². The van der Waals surface area contributed by atoms with Crippen molar-refractivity contribution < 1.29 is 19.2 Å². The molecule has 7 nitrogen and oxygen atoms in total. The zero-order valence-corrected chi connectivity index (χ0v) is 23.4. The molecular weight excluding hydrogens is 454 g/mol. The number of carbonyl (C=O) groups is 2. The molecular formula is C29H47N3O4. The van der Waals surface area contributed by atoms with Gasteiger partial charge in [0.05, 0.1) is 6.10 Å². The van der Waals surface area contributed by atoms with Crippen LogP contribution in [0.25, 0.3) is 0 Å². The lowest BCUT2D eigenvalue weighted by atomic mass is 9.78. The van der Waals surface area contributed by atoms with Gasteiger partial charge in [-0.3, -0.25) is 9.63 Å². The average molecular weight is 502 g/mol. The number of carbonyl (C=O) groups excluding carboxylic acids is 2. The molecule has 1 saturated heterocycles. The number of hydrogen-bond donors (Lipinski definition) is 2. The van der Waals surface area contributed by atoms with Crippen LogP contribution in [-0.4, -0.2) is 51.9 Å². The lowest BCUT2D eigenvalue weighted by Crippen LogP contribution is -2.65. The first-order chi connectivity index (χ1) is 16.7. The third-order valence-corrected chi connectivity index (χ3v) is 7.03. The van der Waals surface area contributed by atoms with Crippen LogP contribution in [0.3, 0.4) is 0 Å². The SMILES string of the molecule is CC(C)(C)OC(=O)N[C@@H](Cc1ccccc1)C(=O)NC1CC(C)(C)N(OC2CCCCC2)C(C)(C)C1. The minimum absolute atomic E-state index is 0.0348. The smallest absolute Gasteiger partial charge is 0.408 e.